The lowest BCUT2D eigenvalue weighted by atomic mass is 9.94. The van der Waals surface area contributed by atoms with Crippen LogP contribution in [0.15, 0.2) is 11.6 Å². The molecule has 1 rings (SSSR count). The summed E-state index contributed by atoms with van der Waals surface area (Å²) in [6.07, 6.45) is 4.82. The third-order valence-corrected chi connectivity index (χ3v) is 1.48. The summed E-state index contributed by atoms with van der Waals surface area (Å²) in [4.78, 5) is 10.7. The Labute approximate surface area is 49.4 Å². The van der Waals surface area contributed by atoms with E-state index < -0.39 is 0 Å². The minimum absolute atomic E-state index is 0.330. The van der Waals surface area contributed by atoms with Crippen LogP contribution in [0.3, 0.4) is 0 Å². The molecule has 0 aromatic heterocycles. The average molecular weight is 110 g/mol. The maximum absolute atomic E-state index is 10.7. The van der Waals surface area contributed by atoms with Gasteiger partial charge in [0.15, 0.2) is 5.78 Å². The molecular weight excluding hydrogens is 100 g/mol. The van der Waals surface area contributed by atoms with Crippen molar-refractivity contribution in [1.29, 1.82) is 0 Å². The highest BCUT2D eigenvalue weighted by atomic mass is 16.1. The smallest absolute Gasteiger partial charge is 0.158 e. The van der Waals surface area contributed by atoms with Crippen LogP contribution in [-0.4, -0.2) is 5.78 Å². The lowest BCUT2D eigenvalue weighted by Crippen LogP contribution is -2.05. The Bertz CT molecular complexity index is 133. The van der Waals surface area contributed by atoms with E-state index in [0.29, 0.717) is 12.2 Å². The van der Waals surface area contributed by atoms with Crippen molar-refractivity contribution in [2.75, 3.05) is 0 Å². The number of Topliss-reactive ketones (excluding diaryl/α,β-unsaturated/α-hetero) is 1. The molecule has 0 saturated carbocycles. The maximum Gasteiger partial charge on any atom is 0.158 e. The quantitative estimate of drug-likeness (QED) is 0.528. The summed E-state index contributed by atoms with van der Waals surface area (Å²) in [5.74, 6) is 0.330. The Balaban J connectivity index is 2.47. The molecule has 1 heteroatoms. The monoisotopic (exact) mass is 110 g/mol. The van der Waals surface area contributed by atoms with E-state index >= 15 is 0 Å². The van der Waals surface area contributed by atoms with E-state index in [9.17, 15) is 4.79 Å². The van der Waals surface area contributed by atoms with Crippen molar-refractivity contribution in [2.45, 2.75) is 26.2 Å². The predicted molar refractivity (Wildman–Crippen MR) is 32.6 cm³/mol. The highest BCUT2D eigenvalue weighted by Gasteiger charge is 2.11. The van der Waals surface area contributed by atoms with E-state index in [4.69, 9.17) is 0 Å². The van der Waals surface area contributed by atoms with Crippen LogP contribution in [0.25, 0.3) is 0 Å². The standard InChI is InChI=1S/C7H10O/c1-2-7(8)6-4-3-5-6/h4H,2-3,5H2,1H3. The van der Waals surface area contributed by atoms with Gasteiger partial charge in [-0.15, -0.1) is 0 Å². The zero-order chi connectivity index (χ0) is 5.98. The Kier molecular flexibility index (Phi) is 1.47. The Hall–Kier alpha value is -0.590. The van der Waals surface area contributed by atoms with Gasteiger partial charge in [0.2, 0.25) is 0 Å². The van der Waals surface area contributed by atoms with Crippen molar-refractivity contribution in [3.63, 3.8) is 0 Å². The summed E-state index contributed by atoms with van der Waals surface area (Å²) in [6.45, 7) is 1.90. The van der Waals surface area contributed by atoms with E-state index in [2.05, 4.69) is 0 Å². The van der Waals surface area contributed by atoms with Gasteiger partial charge < -0.3 is 0 Å². The fourth-order valence-electron chi connectivity index (χ4n) is 0.769. The topological polar surface area (TPSA) is 17.1 Å². The molecule has 0 atom stereocenters. The van der Waals surface area contributed by atoms with Crippen molar-refractivity contribution < 1.29 is 4.79 Å². The average Bonchev–Trinajstić information content (AvgIpc) is 1.62. The van der Waals surface area contributed by atoms with E-state index in [1.54, 1.807) is 0 Å². The summed E-state index contributed by atoms with van der Waals surface area (Å²) in [7, 11) is 0. The van der Waals surface area contributed by atoms with E-state index in [1.165, 1.54) is 0 Å². The Morgan fingerprint density at radius 2 is 2.50 bits per heavy atom. The lowest BCUT2D eigenvalue weighted by molar-refractivity contribution is -0.115. The largest absolute Gasteiger partial charge is 0.295 e. The molecule has 1 aliphatic carbocycles. The molecular formula is C7H10O. The fraction of sp³-hybridized carbons (Fsp3) is 0.571. The van der Waals surface area contributed by atoms with Gasteiger partial charge >= 0.3 is 0 Å². The maximum atomic E-state index is 10.7. The zero-order valence-electron chi connectivity index (χ0n) is 5.11. The van der Waals surface area contributed by atoms with Gasteiger partial charge in [0.1, 0.15) is 0 Å². The number of rotatable bonds is 2. The number of hydrogen-bond donors (Lipinski definition) is 0. The SMILES string of the molecule is CCC(=O)C1=CCC1. The van der Waals surface area contributed by atoms with Gasteiger partial charge in [-0.05, 0) is 18.4 Å². The number of carbonyl (C=O) groups excluding carboxylic acids is 1. The van der Waals surface area contributed by atoms with E-state index in [-0.39, 0.29) is 0 Å². The summed E-state index contributed by atoms with van der Waals surface area (Å²) in [6, 6.07) is 0. The number of carbonyl (C=O) groups is 1. The van der Waals surface area contributed by atoms with Crippen LogP contribution >= 0.6 is 0 Å². The van der Waals surface area contributed by atoms with Crippen LogP contribution in [0, 0.1) is 0 Å². The molecule has 0 heterocycles. The van der Waals surface area contributed by atoms with Gasteiger partial charge in [-0.25, -0.2) is 0 Å². The number of hydrogen-bond acceptors (Lipinski definition) is 1. The first-order valence-electron chi connectivity index (χ1n) is 3.07. The molecule has 0 aromatic carbocycles. The third-order valence-electron chi connectivity index (χ3n) is 1.48. The van der Waals surface area contributed by atoms with Gasteiger partial charge in [0.05, 0.1) is 0 Å². The number of ketones is 1. The molecule has 0 aromatic rings. The second-order valence-corrected chi connectivity index (χ2v) is 2.04. The molecule has 0 amide bonds. The molecule has 1 aliphatic rings. The molecule has 8 heavy (non-hydrogen) atoms. The highest BCUT2D eigenvalue weighted by molar-refractivity contribution is 5.96. The van der Waals surface area contributed by atoms with Gasteiger partial charge in [-0.3, -0.25) is 4.79 Å². The summed E-state index contributed by atoms with van der Waals surface area (Å²) in [5, 5.41) is 0. The molecule has 0 aliphatic heterocycles. The zero-order valence-corrected chi connectivity index (χ0v) is 5.11. The fourth-order valence-corrected chi connectivity index (χ4v) is 0.769. The second kappa shape index (κ2) is 2.12. The van der Waals surface area contributed by atoms with Gasteiger partial charge in [0.25, 0.3) is 0 Å². The van der Waals surface area contributed by atoms with Crippen molar-refractivity contribution in [1.82, 2.24) is 0 Å². The molecule has 0 spiro atoms. The lowest BCUT2D eigenvalue weighted by Gasteiger charge is -2.10. The van der Waals surface area contributed by atoms with Crippen LogP contribution in [-0.2, 0) is 4.79 Å². The van der Waals surface area contributed by atoms with Crippen molar-refractivity contribution in [3.05, 3.63) is 11.6 Å². The minimum Gasteiger partial charge on any atom is -0.295 e. The first kappa shape index (κ1) is 5.54. The first-order chi connectivity index (χ1) is 3.84. The van der Waals surface area contributed by atoms with Crippen molar-refractivity contribution in [3.8, 4) is 0 Å². The third kappa shape index (κ3) is 0.808. The molecule has 0 unspecified atom stereocenters. The van der Waals surface area contributed by atoms with Crippen molar-refractivity contribution >= 4 is 5.78 Å². The summed E-state index contributed by atoms with van der Waals surface area (Å²) in [5.41, 5.74) is 1.05. The molecule has 1 nitrogen and oxygen atoms in total. The normalized spacial score (nSPS) is 16.9. The number of allylic oxidation sites excluding steroid dienone is 2. The minimum atomic E-state index is 0.330. The van der Waals surface area contributed by atoms with Crippen molar-refractivity contribution in [2.24, 2.45) is 0 Å². The van der Waals surface area contributed by atoms with Gasteiger partial charge in [0, 0.05) is 6.42 Å². The van der Waals surface area contributed by atoms with E-state index in [1.807, 2.05) is 13.0 Å². The molecule has 44 valence electrons. The Morgan fingerprint density at radius 3 is 2.62 bits per heavy atom. The van der Waals surface area contributed by atoms with Crippen LogP contribution in [0.5, 0.6) is 0 Å². The molecule has 0 fully saturated rings. The van der Waals surface area contributed by atoms with Crippen LogP contribution < -0.4 is 0 Å². The van der Waals surface area contributed by atoms with Crippen LogP contribution in [0.4, 0.5) is 0 Å². The summed E-state index contributed by atoms with van der Waals surface area (Å²) < 4.78 is 0. The second-order valence-electron chi connectivity index (χ2n) is 2.04. The van der Waals surface area contributed by atoms with Crippen LogP contribution in [0.2, 0.25) is 0 Å². The highest BCUT2D eigenvalue weighted by Crippen LogP contribution is 2.19. The molecule has 0 N–H and O–H groups in total. The van der Waals surface area contributed by atoms with Gasteiger partial charge in [-0.2, -0.15) is 0 Å². The molecule has 0 radical (unpaired) electrons. The van der Waals surface area contributed by atoms with Crippen LogP contribution in [0.1, 0.15) is 26.2 Å². The van der Waals surface area contributed by atoms with E-state index in [0.717, 1.165) is 18.4 Å². The Morgan fingerprint density at radius 1 is 1.88 bits per heavy atom. The van der Waals surface area contributed by atoms with Gasteiger partial charge in [-0.1, -0.05) is 13.0 Å². The predicted octanol–water partition coefficient (Wildman–Crippen LogP) is 1.69. The molecule has 0 bridgehead atoms. The first-order valence-corrected chi connectivity index (χ1v) is 3.07. The molecule has 0 saturated heterocycles. The summed E-state index contributed by atoms with van der Waals surface area (Å²) >= 11 is 0.